The zero-order valence-corrected chi connectivity index (χ0v) is 13.5. The zero-order chi connectivity index (χ0) is 15.7. The number of amides is 1. The lowest BCUT2D eigenvalue weighted by Gasteiger charge is -2.32. The molecule has 0 radical (unpaired) electrons. The van der Waals surface area contributed by atoms with Gasteiger partial charge in [0.2, 0.25) is 5.91 Å². The van der Waals surface area contributed by atoms with E-state index in [9.17, 15) is 4.79 Å². The minimum absolute atomic E-state index is 0.0466. The lowest BCUT2D eigenvalue weighted by molar-refractivity contribution is -0.119. The fourth-order valence-electron chi connectivity index (χ4n) is 3.50. The Bertz CT molecular complexity index is 687. The third-order valence-electron chi connectivity index (χ3n) is 4.59. The summed E-state index contributed by atoms with van der Waals surface area (Å²) in [5.41, 5.74) is 6.59. The van der Waals surface area contributed by atoms with Crippen LogP contribution in [0.25, 0.3) is 0 Å². The Kier molecular flexibility index (Phi) is 4.02. The van der Waals surface area contributed by atoms with Gasteiger partial charge in [0.25, 0.3) is 0 Å². The summed E-state index contributed by atoms with van der Waals surface area (Å²) in [4.78, 5) is 11.5. The molecule has 0 fully saturated rings. The van der Waals surface area contributed by atoms with Gasteiger partial charge in [0.15, 0.2) is 0 Å². The maximum absolute atomic E-state index is 11.5. The van der Waals surface area contributed by atoms with Gasteiger partial charge in [-0.15, -0.1) is 0 Å². The van der Waals surface area contributed by atoms with E-state index in [0.29, 0.717) is 5.92 Å². The summed E-state index contributed by atoms with van der Waals surface area (Å²) >= 11 is 0. The second-order valence-electron chi connectivity index (χ2n) is 6.43. The van der Waals surface area contributed by atoms with Gasteiger partial charge in [-0.1, -0.05) is 53.6 Å². The molecule has 0 bridgehead atoms. The first-order chi connectivity index (χ1) is 10.5. The van der Waals surface area contributed by atoms with Crippen molar-refractivity contribution in [2.45, 2.75) is 45.6 Å². The number of rotatable bonds is 2. The van der Waals surface area contributed by atoms with Crippen molar-refractivity contribution in [3.8, 4) is 0 Å². The van der Waals surface area contributed by atoms with Crippen LogP contribution in [-0.4, -0.2) is 5.91 Å². The molecule has 0 aromatic heterocycles. The molecule has 1 amide bonds. The molecule has 2 atom stereocenters. The minimum Gasteiger partial charge on any atom is -0.350 e. The topological polar surface area (TPSA) is 29.1 Å². The first-order valence-corrected chi connectivity index (χ1v) is 7.98. The molecule has 22 heavy (non-hydrogen) atoms. The number of hydrogen-bond acceptors (Lipinski definition) is 1. The van der Waals surface area contributed by atoms with Crippen molar-refractivity contribution in [1.29, 1.82) is 0 Å². The Morgan fingerprint density at radius 3 is 2.32 bits per heavy atom. The average Bonchev–Trinajstić information content (AvgIpc) is 2.48. The van der Waals surface area contributed by atoms with Crippen LogP contribution in [0.4, 0.5) is 0 Å². The molecule has 1 N–H and O–H groups in total. The molecule has 0 heterocycles. The highest BCUT2D eigenvalue weighted by Crippen LogP contribution is 2.41. The van der Waals surface area contributed by atoms with Crippen molar-refractivity contribution >= 4 is 5.91 Å². The molecular formula is C20H23NO. The van der Waals surface area contributed by atoms with Crippen molar-refractivity contribution in [2.75, 3.05) is 0 Å². The Morgan fingerprint density at radius 2 is 1.64 bits per heavy atom. The van der Waals surface area contributed by atoms with Crippen LogP contribution in [0.1, 0.15) is 59.5 Å². The Balaban J connectivity index is 2.02. The molecule has 0 saturated heterocycles. The van der Waals surface area contributed by atoms with Gasteiger partial charge in [0.05, 0.1) is 6.04 Å². The smallest absolute Gasteiger partial charge is 0.217 e. The van der Waals surface area contributed by atoms with Crippen LogP contribution in [0, 0.1) is 13.8 Å². The third kappa shape index (κ3) is 2.92. The second kappa shape index (κ2) is 5.96. The Labute approximate surface area is 132 Å². The number of carbonyl (C=O) groups excluding carboxylic acids is 1. The van der Waals surface area contributed by atoms with Gasteiger partial charge in [0, 0.05) is 12.8 Å². The highest BCUT2D eigenvalue weighted by atomic mass is 16.1. The van der Waals surface area contributed by atoms with Gasteiger partial charge in [-0.05, 0) is 43.4 Å². The van der Waals surface area contributed by atoms with E-state index in [0.717, 1.165) is 12.8 Å². The lowest BCUT2D eigenvalue weighted by Crippen LogP contribution is -2.30. The minimum atomic E-state index is 0.0466. The van der Waals surface area contributed by atoms with Gasteiger partial charge in [-0.25, -0.2) is 0 Å². The van der Waals surface area contributed by atoms with E-state index in [1.807, 2.05) is 0 Å². The molecule has 0 saturated carbocycles. The molecule has 0 unspecified atom stereocenters. The lowest BCUT2D eigenvalue weighted by atomic mass is 9.76. The van der Waals surface area contributed by atoms with Crippen LogP contribution in [0.2, 0.25) is 0 Å². The van der Waals surface area contributed by atoms with Crippen LogP contribution < -0.4 is 5.32 Å². The summed E-state index contributed by atoms with van der Waals surface area (Å²) in [6.07, 6.45) is 2.07. The van der Waals surface area contributed by atoms with Gasteiger partial charge in [-0.2, -0.15) is 0 Å². The van der Waals surface area contributed by atoms with Crippen molar-refractivity contribution in [1.82, 2.24) is 5.32 Å². The molecule has 0 aliphatic heterocycles. The Hall–Kier alpha value is -2.09. The summed E-state index contributed by atoms with van der Waals surface area (Å²) in [6, 6.07) is 15.6. The van der Waals surface area contributed by atoms with E-state index < -0.39 is 0 Å². The van der Waals surface area contributed by atoms with E-state index in [4.69, 9.17) is 0 Å². The van der Waals surface area contributed by atoms with Crippen LogP contribution >= 0.6 is 0 Å². The van der Waals surface area contributed by atoms with Crippen LogP contribution in [0.5, 0.6) is 0 Å². The number of fused-ring (bicyclic) bond motifs is 1. The average molecular weight is 293 g/mol. The molecule has 0 spiro atoms. The molecular weight excluding hydrogens is 270 g/mol. The number of aryl methyl sites for hydroxylation is 2. The number of hydrogen-bond donors (Lipinski definition) is 1. The van der Waals surface area contributed by atoms with E-state index >= 15 is 0 Å². The fourth-order valence-corrected chi connectivity index (χ4v) is 3.50. The highest BCUT2D eigenvalue weighted by Gasteiger charge is 2.28. The van der Waals surface area contributed by atoms with Crippen molar-refractivity contribution in [2.24, 2.45) is 0 Å². The standard InChI is InChI=1S/C20H23NO/c1-13-4-7-16(8-5-13)17-10-11-20(21-15(3)22)18-9-6-14(2)12-19(17)18/h4-9,12,17,20H,10-11H2,1-3H3,(H,21,22)/t17-,20-/m1/s1. The van der Waals surface area contributed by atoms with E-state index in [1.54, 1.807) is 6.92 Å². The molecule has 3 rings (SSSR count). The molecule has 2 aromatic rings. The number of benzene rings is 2. The molecule has 1 aliphatic carbocycles. The zero-order valence-electron chi connectivity index (χ0n) is 13.5. The fraction of sp³-hybridized carbons (Fsp3) is 0.350. The monoisotopic (exact) mass is 293 g/mol. The van der Waals surface area contributed by atoms with Gasteiger partial charge >= 0.3 is 0 Å². The van der Waals surface area contributed by atoms with Crippen LogP contribution in [0.15, 0.2) is 42.5 Å². The predicted molar refractivity (Wildman–Crippen MR) is 90.0 cm³/mol. The summed E-state index contributed by atoms with van der Waals surface area (Å²) in [6.45, 7) is 5.85. The van der Waals surface area contributed by atoms with Crippen molar-refractivity contribution < 1.29 is 4.79 Å². The summed E-state index contributed by atoms with van der Waals surface area (Å²) in [5, 5.41) is 3.10. The quantitative estimate of drug-likeness (QED) is 0.873. The largest absolute Gasteiger partial charge is 0.350 e. The molecule has 114 valence electrons. The molecule has 2 nitrogen and oxygen atoms in total. The van der Waals surface area contributed by atoms with E-state index in [1.165, 1.54) is 27.8 Å². The maximum atomic E-state index is 11.5. The van der Waals surface area contributed by atoms with Gasteiger partial charge < -0.3 is 5.32 Å². The normalized spacial score (nSPS) is 20.3. The second-order valence-corrected chi connectivity index (χ2v) is 6.43. The number of carbonyl (C=O) groups is 1. The van der Waals surface area contributed by atoms with E-state index in [2.05, 4.69) is 61.6 Å². The Morgan fingerprint density at radius 1 is 0.955 bits per heavy atom. The first-order valence-electron chi connectivity index (χ1n) is 7.98. The first kappa shape index (κ1) is 14.8. The highest BCUT2D eigenvalue weighted by molar-refractivity contribution is 5.73. The molecule has 2 aromatic carbocycles. The molecule has 2 heteroatoms. The van der Waals surface area contributed by atoms with Crippen molar-refractivity contribution in [3.05, 3.63) is 70.3 Å². The third-order valence-corrected chi connectivity index (χ3v) is 4.59. The van der Waals surface area contributed by atoms with Crippen LogP contribution in [0.3, 0.4) is 0 Å². The molecule has 1 aliphatic rings. The summed E-state index contributed by atoms with van der Waals surface area (Å²) in [5.74, 6) is 0.478. The maximum Gasteiger partial charge on any atom is 0.217 e. The number of nitrogens with one attached hydrogen (secondary N) is 1. The summed E-state index contributed by atoms with van der Waals surface area (Å²) < 4.78 is 0. The summed E-state index contributed by atoms with van der Waals surface area (Å²) in [7, 11) is 0. The predicted octanol–water partition coefficient (Wildman–Crippen LogP) is 4.41. The van der Waals surface area contributed by atoms with Gasteiger partial charge in [0.1, 0.15) is 0 Å². The van der Waals surface area contributed by atoms with Crippen LogP contribution in [-0.2, 0) is 4.79 Å². The van der Waals surface area contributed by atoms with Gasteiger partial charge in [-0.3, -0.25) is 4.79 Å². The van der Waals surface area contributed by atoms with E-state index in [-0.39, 0.29) is 11.9 Å². The SMILES string of the molecule is CC(=O)N[C@@H]1CC[C@H](c2ccc(C)cc2)c2cc(C)ccc21. The van der Waals surface area contributed by atoms with Crippen molar-refractivity contribution in [3.63, 3.8) is 0 Å².